The van der Waals surface area contributed by atoms with Crippen LogP contribution in [0.25, 0.3) is 6.08 Å². The SMILES string of the molecule is COc1ccc(/C=C2/N=C(c3ccccc3C)OC2=O)cc1F. The molecule has 0 bridgehead atoms. The molecule has 0 saturated carbocycles. The molecule has 0 saturated heterocycles. The minimum absolute atomic E-state index is 0.132. The van der Waals surface area contributed by atoms with Gasteiger partial charge in [0, 0.05) is 5.56 Å². The molecule has 0 unspecified atom stereocenters. The second-order valence-corrected chi connectivity index (χ2v) is 5.04. The van der Waals surface area contributed by atoms with Gasteiger partial charge in [-0.05, 0) is 42.3 Å². The van der Waals surface area contributed by atoms with Crippen molar-refractivity contribution < 1.29 is 18.7 Å². The van der Waals surface area contributed by atoms with Gasteiger partial charge in [-0.25, -0.2) is 14.2 Å². The molecule has 1 aliphatic heterocycles. The van der Waals surface area contributed by atoms with Gasteiger partial charge in [-0.2, -0.15) is 0 Å². The Kier molecular flexibility index (Phi) is 3.93. The summed E-state index contributed by atoms with van der Waals surface area (Å²) in [5, 5.41) is 0. The number of benzene rings is 2. The number of rotatable bonds is 3. The monoisotopic (exact) mass is 311 g/mol. The van der Waals surface area contributed by atoms with Crippen LogP contribution >= 0.6 is 0 Å². The van der Waals surface area contributed by atoms with E-state index < -0.39 is 11.8 Å². The summed E-state index contributed by atoms with van der Waals surface area (Å²) in [6.45, 7) is 1.91. The highest BCUT2D eigenvalue weighted by Gasteiger charge is 2.25. The first-order chi connectivity index (χ1) is 11.1. The van der Waals surface area contributed by atoms with Gasteiger partial charge < -0.3 is 9.47 Å². The summed E-state index contributed by atoms with van der Waals surface area (Å²) in [7, 11) is 1.39. The van der Waals surface area contributed by atoms with Gasteiger partial charge in [0.1, 0.15) is 0 Å². The summed E-state index contributed by atoms with van der Waals surface area (Å²) < 4.78 is 23.8. The van der Waals surface area contributed by atoms with Gasteiger partial charge in [0.2, 0.25) is 5.90 Å². The van der Waals surface area contributed by atoms with E-state index in [-0.39, 0.29) is 17.3 Å². The van der Waals surface area contributed by atoms with E-state index in [0.29, 0.717) is 5.56 Å². The third-order valence-electron chi connectivity index (χ3n) is 3.48. The van der Waals surface area contributed by atoms with Crippen molar-refractivity contribution in [3.05, 3.63) is 70.7 Å². The number of carbonyl (C=O) groups excluding carboxylic acids is 1. The van der Waals surface area contributed by atoms with Crippen molar-refractivity contribution in [2.45, 2.75) is 6.92 Å². The number of carbonyl (C=O) groups is 1. The third kappa shape index (κ3) is 2.99. The summed E-state index contributed by atoms with van der Waals surface area (Å²) >= 11 is 0. The number of hydrogen-bond acceptors (Lipinski definition) is 4. The van der Waals surface area contributed by atoms with Crippen molar-refractivity contribution in [3.63, 3.8) is 0 Å². The fourth-order valence-electron chi connectivity index (χ4n) is 2.27. The fourth-order valence-corrected chi connectivity index (χ4v) is 2.27. The number of cyclic esters (lactones) is 1. The Morgan fingerprint density at radius 2 is 2.00 bits per heavy atom. The number of aryl methyl sites for hydroxylation is 1. The zero-order valence-electron chi connectivity index (χ0n) is 12.7. The molecule has 0 N–H and O–H groups in total. The molecule has 0 aliphatic carbocycles. The molecule has 0 aromatic heterocycles. The summed E-state index contributed by atoms with van der Waals surface area (Å²) in [6, 6.07) is 11.9. The van der Waals surface area contributed by atoms with Crippen molar-refractivity contribution in [2.75, 3.05) is 7.11 Å². The Morgan fingerprint density at radius 1 is 1.22 bits per heavy atom. The quantitative estimate of drug-likeness (QED) is 0.644. The molecule has 116 valence electrons. The Bertz CT molecular complexity index is 840. The third-order valence-corrected chi connectivity index (χ3v) is 3.48. The first-order valence-electron chi connectivity index (χ1n) is 7.00. The van der Waals surface area contributed by atoms with Gasteiger partial charge in [-0.1, -0.05) is 24.3 Å². The van der Waals surface area contributed by atoms with Gasteiger partial charge in [0.05, 0.1) is 7.11 Å². The van der Waals surface area contributed by atoms with Crippen LogP contribution in [0.2, 0.25) is 0 Å². The van der Waals surface area contributed by atoms with Gasteiger partial charge in [-0.3, -0.25) is 0 Å². The van der Waals surface area contributed by atoms with Crippen LogP contribution in [0.4, 0.5) is 4.39 Å². The van der Waals surface area contributed by atoms with E-state index >= 15 is 0 Å². The Morgan fingerprint density at radius 3 is 2.70 bits per heavy atom. The summed E-state index contributed by atoms with van der Waals surface area (Å²) in [6.07, 6.45) is 1.48. The predicted octanol–water partition coefficient (Wildman–Crippen LogP) is 3.49. The highest BCUT2D eigenvalue weighted by molar-refractivity contribution is 6.13. The number of ether oxygens (including phenoxy) is 2. The second kappa shape index (κ2) is 6.04. The predicted molar refractivity (Wildman–Crippen MR) is 84.7 cm³/mol. The molecule has 0 atom stereocenters. The highest BCUT2D eigenvalue weighted by Crippen LogP contribution is 2.23. The first kappa shape index (κ1) is 15.0. The van der Waals surface area contributed by atoms with Crippen LogP contribution in [-0.2, 0) is 9.53 Å². The topological polar surface area (TPSA) is 47.9 Å². The molecule has 0 amide bonds. The van der Waals surface area contributed by atoms with Crippen molar-refractivity contribution in [1.82, 2.24) is 0 Å². The van der Waals surface area contributed by atoms with Crippen LogP contribution in [0.3, 0.4) is 0 Å². The minimum atomic E-state index is -0.556. The molecule has 2 aromatic carbocycles. The maximum Gasteiger partial charge on any atom is 0.363 e. The van der Waals surface area contributed by atoms with Gasteiger partial charge >= 0.3 is 5.97 Å². The number of hydrogen-bond donors (Lipinski definition) is 0. The van der Waals surface area contributed by atoms with E-state index in [1.54, 1.807) is 6.07 Å². The molecule has 2 aromatic rings. The van der Waals surface area contributed by atoms with Gasteiger partial charge in [-0.15, -0.1) is 0 Å². The van der Waals surface area contributed by atoms with Crippen LogP contribution in [0.1, 0.15) is 16.7 Å². The zero-order chi connectivity index (χ0) is 16.4. The summed E-state index contributed by atoms with van der Waals surface area (Å²) in [5.74, 6) is -0.658. The Hall–Kier alpha value is -2.95. The smallest absolute Gasteiger partial charge is 0.363 e. The average molecular weight is 311 g/mol. The number of aliphatic imine (C=N–C) groups is 1. The lowest BCUT2D eigenvalue weighted by Crippen LogP contribution is -2.06. The van der Waals surface area contributed by atoms with E-state index in [2.05, 4.69) is 4.99 Å². The number of esters is 1. The van der Waals surface area contributed by atoms with E-state index in [9.17, 15) is 9.18 Å². The Labute approximate surface area is 132 Å². The molecular formula is C18H14FNO3. The number of halogens is 1. The molecule has 0 spiro atoms. The van der Waals surface area contributed by atoms with Crippen molar-refractivity contribution in [2.24, 2.45) is 4.99 Å². The van der Waals surface area contributed by atoms with E-state index in [0.717, 1.165) is 11.1 Å². The average Bonchev–Trinajstić information content (AvgIpc) is 2.89. The van der Waals surface area contributed by atoms with Crippen molar-refractivity contribution in [1.29, 1.82) is 0 Å². The molecular weight excluding hydrogens is 297 g/mol. The summed E-state index contributed by atoms with van der Waals surface area (Å²) in [5.41, 5.74) is 2.35. The van der Waals surface area contributed by atoms with E-state index in [1.165, 1.54) is 25.3 Å². The molecule has 1 aliphatic rings. The molecule has 5 heteroatoms. The van der Waals surface area contributed by atoms with Crippen molar-refractivity contribution >= 4 is 17.9 Å². The lowest BCUT2D eigenvalue weighted by Gasteiger charge is -2.02. The molecule has 23 heavy (non-hydrogen) atoms. The molecule has 3 rings (SSSR count). The lowest BCUT2D eigenvalue weighted by molar-refractivity contribution is -0.129. The van der Waals surface area contributed by atoms with Crippen LogP contribution in [0.5, 0.6) is 5.75 Å². The highest BCUT2D eigenvalue weighted by atomic mass is 19.1. The number of methoxy groups -OCH3 is 1. The first-order valence-corrected chi connectivity index (χ1v) is 7.00. The van der Waals surface area contributed by atoms with Crippen molar-refractivity contribution in [3.8, 4) is 5.75 Å². The maximum atomic E-state index is 13.7. The molecule has 0 fully saturated rings. The largest absolute Gasteiger partial charge is 0.494 e. The van der Waals surface area contributed by atoms with Gasteiger partial charge in [0.15, 0.2) is 17.3 Å². The maximum absolute atomic E-state index is 13.7. The second-order valence-electron chi connectivity index (χ2n) is 5.04. The minimum Gasteiger partial charge on any atom is -0.494 e. The fraction of sp³-hybridized carbons (Fsp3) is 0.111. The van der Waals surface area contributed by atoms with Crippen LogP contribution in [-0.4, -0.2) is 19.0 Å². The normalized spacial score (nSPS) is 15.5. The van der Waals surface area contributed by atoms with E-state index in [4.69, 9.17) is 9.47 Å². The standard InChI is InChI=1S/C18H14FNO3/c1-11-5-3-4-6-13(11)17-20-15(18(21)23-17)10-12-7-8-16(22-2)14(19)9-12/h3-10H,1-2H3/b15-10+. The molecule has 4 nitrogen and oxygen atoms in total. The Balaban J connectivity index is 1.95. The van der Waals surface area contributed by atoms with Gasteiger partial charge in [0.25, 0.3) is 0 Å². The lowest BCUT2D eigenvalue weighted by atomic mass is 10.1. The number of nitrogens with zero attached hydrogens (tertiary/aromatic N) is 1. The summed E-state index contributed by atoms with van der Waals surface area (Å²) in [4.78, 5) is 16.2. The van der Waals surface area contributed by atoms with Crippen LogP contribution in [0, 0.1) is 12.7 Å². The molecule has 1 heterocycles. The zero-order valence-corrected chi connectivity index (χ0v) is 12.7. The van der Waals surface area contributed by atoms with Crippen LogP contribution < -0.4 is 4.74 Å². The van der Waals surface area contributed by atoms with E-state index in [1.807, 2.05) is 31.2 Å². The molecule has 0 radical (unpaired) electrons. The van der Waals surface area contributed by atoms with Crippen LogP contribution in [0.15, 0.2) is 53.2 Å².